The maximum absolute atomic E-state index is 6.82. The summed E-state index contributed by atoms with van der Waals surface area (Å²) in [4.78, 5) is 16.4. The average molecular weight is 870 g/mol. The molecule has 0 spiro atoms. The lowest BCUT2D eigenvalue weighted by Gasteiger charge is -2.14. The first-order valence-electron chi connectivity index (χ1n) is 22.8. The van der Waals surface area contributed by atoms with E-state index in [9.17, 15) is 0 Å². The van der Waals surface area contributed by atoms with Gasteiger partial charge >= 0.3 is 0 Å². The predicted molar refractivity (Wildman–Crippen MR) is 277 cm³/mol. The lowest BCUT2D eigenvalue weighted by atomic mass is 10.0. The van der Waals surface area contributed by atoms with Crippen molar-refractivity contribution in [3.63, 3.8) is 0 Å². The molecule has 0 aliphatic carbocycles. The zero-order valence-electron chi connectivity index (χ0n) is 36.3. The number of nitrogens with zero attached hydrogens (tertiary/aromatic N) is 5. The van der Waals surface area contributed by atoms with Crippen LogP contribution < -0.4 is 0 Å². The highest BCUT2D eigenvalue weighted by molar-refractivity contribution is 6.18. The van der Waals surface area contributed by atoms with Crippen LogP contribution in [0.25, 0.3) is 144 Å². The van der Waals surface area contributed by atoms with Gasteiger partial charge in [0.2, 0.25) is 0 Å². The summed E-state index contributed by atoms with van der Waals surface area (Å²) in [6, 6.07) is 74.3. The molecule has 10 aromatic carbocycles. The number of hydrogen-bond acceptors (Lipinski definition) is 5. The first kappa shape index (κ1) is 36.9. The second-order valence-electron chi connectivity index (χ2n) is 17.5. The number of fused-ring (bicyclic) bond motifs is 13. The van der Waals surface area contributed by atoms with Crippen LogP contribution in [-0.4, -0.2) is 24.1 Å². The van der Waals surface area contributed by atoms with Crippen molar-refractivity contribution in [1.29, 1.82) is 0 Å². The van der Waals surface area contributed by atoms with Gasteiger partial charge < -0.3 is 18.0 Å². The van der Waals surface area contributed by atoms with E-state index in [0.29, 0.717) is 17.5 Å². The fraction of sp³-hybridized carbons (Fsp3) is 0. The van der Waals surface area contributed by atoms with Crippen LogP contribution in [0.15, 0.2) is 221 Å². The zero-order valence-corrected chi connectivity index (χ0v) is 36.3. The van der Waals surface area contributed by atoms with Gasteiger partial charge in [0.15, 0.2) is 17.5 Å². The minimum atomic E-state index is 0.503. The van der Waals surface area contributed by atoms with E-state index in [1.54, 1.807) is 0 Å². The van der Waals surface area contributed by atoms with Crippen molar-refractivity contribution < 1.29 is 8.83 Å². The average Bonchev–Trinajstić information content (AvgIpc) is 4.15. The summed E-state index contributed by atoms with van der Waals surface area (Å²) >= 11 is 0. The molecule has 0 saturated carbocycles. The van der Waals surface area contributed by atoms with Crippen LogP contribution in [0.5, 0.6) is 0 Å². The number of rotatable bonds is 5. The van der Waals surface area contributed by atoms with E-state index in [1.165, 1.54) is 21.5 Å². The Balaban J connectivity index is 1.06. The van der Waals surface area contributed by atoms with E-state index in [4.69, 9.17) is 23.8 Å². The van der Waals surface area contributed by atoms with Crippen LogP contribution in [-0.2, 0) is 0 Å². The quantitative estimate of drug-likeness (QED) is 0.172. The number of para-hydroxylation sites is 7. The third-order valence-electron chi connectivity index (χ3n) is 13.7. The van der Waals surface area contributed by atoms with E-state index in [2.05, 4.69) is 185 Å². The van der Waals surface area contributed by atoms with Gasteiger partial charge in [-0.2, -0.15) is 0 Å². The van der Waals surface area contributed by atoms with Crippen molar-refractivity contribution in [3.8, 4) is 45.5 Å². The summed E-state index contributed by atoms with van der Waals surface area (Å²) in [6.45, 7) is 0. The molecule has 0 unspecified atom stereocenters. The number of furan rings is 2. The van der Waals surface area contributed by atoms with Gasteiger partial charge in [0.05, 0.1) is 38.7 Å². The normalized spacial score (nSPS) is 12.1. The lowest BCUT2D eigenvalue weighted by molar-refractivity contribution is 0.668. The molecule has 68 heavy (non-hydrogen) atoms. The Morgan fingerprint density at radius 2 is 0.912 bits per heavy atom. The molecule has 7 nitrogen and oxygen atoms in total. The molecule has 0 bridgehead atoms. The number of aromatic nitrogens is 5. The lowest BCUT2D eigenvalue weighted by Crippen LogP contribution is -2.03. The van der Waals surface area contributed by atoms with Gasteiger partial charge in [-0.3, -0.25) is 0 Å². The van der Waals surface area contributed by atoms with Gasteiger partial charge in [-0.1, -0.05) is 140 Å². The van der Waals surface area contributed by atoms with Crippen molar-refractivity contribution in [3.05, 3.63) is 212 Å². The summed E-state index contributed by atoms with van der Waals surface area (Å²) < 4.78 is 18.2. The molecule has 15 aromatic rings. The molecular formula is C61H35N5O2. The van der Waals surface area contributed by atoms with Crippen LogP contribution in [0, 0.1) is 0 Å². The summed E-state index contributed by atoms with van der Waals surface area (Å²) in [5.41, 5.74) is 11.8. The fourth-order valence-corrected chi connectivity index (χ4v) is 10.8. The van der Waals surface area contributed by atoms with E-state index in [-0.39, 0.29) is 0 Å². The Morgan fingerprint density at radius 3 is 1.71 bits per heavy atom. The monoisotopic (exact) mass is 869 g/mol. The minimum absolute atomic E-state index is 0.503. The first-order chi connectivity index (χ1) is 33.7. The van der Waals surface area contributed by atoms with Gasteiger partial charge in [-0.05, 0) is 83.6 Å². The van der Waals surface area contributed by atoms with Gasteiger partial charge in [0.1, 0.15) is 22.3 Å². The van der Waals surface area contributed by atoms with E-state index in [0.717, 1.165) is 105 Å². The van der Waals surface area contributed by atoms with Gasteiger partial charge in [0, 0.05) is 54.5 Å². The third kappa shape index (κ3) is 5.32. The molecule has 0 fully saturated rings. The largest absolute Gasteiger partial charge is 0.456 e. The zero-order chi connectivity index (χ0) is 44.5. The molecule has 0 radical (unpaired) electrons. The highest BCUT2D eigenvalue weighted by atomic mass is 16.3. The topological polar surface area (TPSA) is 74.8 Å². The van der Waals surface area contributed by atoms with Gasteiger partial charge in [0.25, 0.3) is 0 Å². The maximum Gasteiger partial charge on any atom is 0.167 e. The molecule has 316 valence electrons. The molecule has 7 heteroatoms. The molecule has 0 aliphatic rings. The molecule has 5 aromatic heterocycles. The van der Waals surface area contributed by atoms with Gasteiger partial charge in [-0.25, -0.2) is 15.0 Å². The first-order valence-corrected chi connectivity index (χ1v) is 22.8. The van der Waals surface area contributed by atoms with Crippen LogP contribution >= 0.6 is 0 Å². The molecule has 0 atom stereocenters. The predicted octanol–water partition coefficient (Wildman–Crippen LogP) is 16.0. The van der Waals surface area contributed by atoms with Crippen molar-refractivity contribution in [1.82, 2.24) is 24.1 Å². The van der Waals surface area contributed by atoms with E-state index < -0.39 is 0 Å². The Labute approximate surface area is 387 Å². The fourth-order valence-electron chi connectivity index (χ4n) is 10.8. The Bertz CT molecular complexity index is 4570. The Hall–Kier alpha value is -9.33. The maximum atomic E-state index is 6.82. The molecule has 0 amide bonds. The van der Waals surface area contributed by atoms with Crippen LogP contribution in [0.3, 0.4) is 0 Å². The van der Waals surface area contributed by atoms with Gasteiger partial charge in [-0.15, -0.1) is 0 Å². The van der Waals surface area contributed by atoms with Crippen molar-refractivity contribution >= 4 is 98.3 Å². The van der Waals surface area contributed by atoms with Crippen LogP contribution in [0.2, 0.25) is 0 Å². The van der Waals surface area contributed by atoms with Crippen LogP contribution in [0.4, 0.5) is 0 Å². The Kier molecular flexibility index (Phi) is 7.65. The number of hydrogen-bond donors (Lipinski definition) is 0. The molecule has 0 N–H and O–H groups in total. The number of benzene rings is 10. The molecular weight excluding hydrogens is 835 g/mol. The SMILES string of the molecule is c1ccc(-n2c3ccccc3c3cccc(-c4nc(-c5cc(-n6c7ccccc7c7cc8ccccc8cc76)c6c(c5)oc5ccccc56)nc(-c5cccc6c5oc5ccccc56)n4)c32)cc1. The smallest absolute Gasteiger partial charge is 0.167 e. The van der Waals surface area contributed by atoms with Crippen molar-refractivity contribution in [2.45, 2.75) is 0 Å². The molecule has 0 saturated heterocycles. The molecule has 0 aliphatic heterocycles. The molecule has 5 heterocycles. The highest BCUT2D eigenvalue weighted by Crippen LogP contribution is 2.44. The van der Waals surface area contributed by atoms with Crippen molar-refractivity contribution in [2.24, 2.45) is 0 Å². The van der Waals surface area contributed by atoms with Crippen molar-refractivity contribution in [2.75, 3.05) is 0 Å². The van der Waals surface area contributed by atoms with E-state index in [1.807, 2.05) is 36.4 Å². The standard InChI is InChI=1S/C61H35N5O2/c1-2-18-39(19-3-1)65-49-28-10-6-20-40(49)43-24-14-26-46(57(43)65)60-62-59(63-61(64-60)47-27-15-25-44-42-22-8-12-30-53(42)68-58(44)47)38-34-52(56-45-23-9-13-31-54(45)67-55(56)35-38)66-50-29-11-7-21-41(50)48-32-36-16-4-5-17-37(36)33-51(48)66/h1-35H. The summed E-state index contributed by atoms with van der Waals surface area (Å²) in [6.07, 6.45) is 0. The highest BCUT2D eigenvalue weighted by Gasteiger charge is 2.25. The second-order valence-corrected chi connectivity index (χ2v) is 17.5. The Morgan fingerprint density at radius 1 is 0.338 bits per heavy atom. The minimum Gasteiger partial charge on any atom is -0.456 e. The van der Waals surface area contributed by atoms with E-state index >= 15 is 0 Å². The second kappa shape index (κ2) is 14.1. The third-order valence-corrected chi connectivity index (χ3v) is 13.7. The summed E-state index contributed by atoms with van der Waals surface area (Å²) in [5, 5.41) is 11.0. The van der Waals surface area contributed by atoms with Crippen LogP contribution in [0.1, 0.15) is 0 Å². The summed E-state index contributed by atoms with van der Waals surface area (Å²) in [5.74, 6) is 1.55. The molecule has 15 rings (SSSR count). The summed E-state index contributed by atoms with van der Waals surface area (Å²) in [7, 11) is 0.